The summed E-state index contributed by atoms with van der Waals surface area (Å²) in [5.74, 6) is -1.61. The SMILES string of the molecule is COC(=O)C(CC(C)C)NC(=O)N1C[C@H](O)C[C@@H]1C(=O)O. The van der Waals surface area contributed by atoms with Crippen LogP contribution < -0.4 is 5.32 Å². The lowest BCUT2D eigenvalue weighted by Crippen LogP contribution is -2.51. The van der Waals surface area contributed by atoms with E-state index in [0.717, 1.165) is 4.90 Å². The molecule has 0 aromatic heterocycles. The Morgan fingerprint density at radius 1 is 1.38 bits per heavy atom. The van der Waals surface area contributed by atoms with Crippen molar-refractivity contribution < 1.29 is 29.3 Å². The molecule has 21 heavy (non-hydrogen) atoms. The summed E-state index contributed by atoms with van der Waals surface area (Å²) < 4.78 is 4.63. The Kier molecular flexibility index (Phi) is 5.95. The molecule has 0 aliphatic carbocycles. The largest absolute Gasteiger partial charge is 0.480 e. The van der Waals surface area contributed by atoms with E-state index in [0.29, 0.717) is 6.42 Å². The van der Waals surface area contributed by atoms with E-state index in [1.807, 2.05) is 13.8 Å². The standard InChI is InChI=1S/C13H22N2O6/c1-7(2)4-9(12(19)21-3)14-13(20)15-6-8(16)5-10(15)11(17)18/h7-10,16H,4-6H2,1-3H3,(H,14,20)(H,17,18)/t8-,9?,10-/m1/s1. The minimum atomic E-state index is -1.18. The summed E-state index contributed by atoms with van der Waals surface area (Å²) in [6.45, 7) is 3.71. The molecule has 0 saturated carbocycles. The Labute approximate surface area is 123 Å². The van der Waals surface area contributed by atoms with Gasteiger partial charge in [0.1, 0.15) is 12.1 Å². The molecule has 1 saturated heterocycles. The number of amides is 2. The molecule has 8 heteroatoms. The Morgan fingerprint density at radius 2 is 2.00 bits per heavy atom. The fraction of sp³-hybridized carbons (Fsp3) is 0.769. The summed E-state index contributed by atoms with van der Waals surface area (Å²) in [6, 6.07) is -2.61. The van der Waals surface area contributed by atoms with Gasteiger partial charge in [-0.05, 0) is 12.3 Å². The van der Waals surface area contributed by atoms with Gasteiger partial charge in [0, 0.05) is 13.0 Å². The van der Waals surface area contributed by atoms with Gasteiger partial charge in [0.2, 0.25) is 0 Å². The van der Waals surface area contributed by atoms with Crippen LogP contribution in [0.2, 0.25) is 0 Å². The maximum absolute atomic E-state index is 12.2. The number of methoxy groups -OCH3 is 1. The number of rotatable bonds is 5. The monoisotopic (exact) mass is 302 g/mol. The van der Waals surface area contributed by atoms with E-state index in [2.05, 4.69) is 10.1 Å². The van der Waals surface area contributed by atoms with Gasteiger partial charge < -0.3 is 25.2 Å². The number of β-amino-alcohol motifs (C(OH)–C–C–N with tert-alkyl or cyclic N) is 1. The van der Waals surface area contributed by atoms with Gasteiger partial charge in [-0.2, -0.15) is 0 Å². The number of carboxylic acid groups (broad SMARTS) is 1. The summed E-state index contributed by atoms with van der Waals surface area (Å²) >= 11 is 0. The number of aliphatic hydroxyl groups is 1. The number of urea groups is 1. The number of aliphatic carboxylic acids is 1. The molecule has 8 nitrogen and oxygen atoms in total. The number of likely N-dealkylation sites (tertiary alicyclic amines) is 1. The van der Waals surface area contributed by atoms with E-state index in [-0.39, 0.29) is 18.9 Å². The third-order valence-electron chi connectivity index (χ3n) is 3.32. The third kappa shape index (κ3) is 4.59. The Balaban J connectivity index is 2.76. The van der Waals surface area contributed by atoms with Crippen LogP contribution in [0.3, 0.4) is 0 Å². The van der Waals surface area contributed by atoms with Crippen LogP contribution in [-0.2, 0) is 14.3 Å². The van der Waals surface area contributed by atoms with E-state index >= 15 is 0 Å². The molecule has 1 fully saturated rings. The smallest absolute Gasteiger partial charge is 0.328 e. The minimum absolute atomic E-state index is 0.0180. The second-order valence-electron chi connectivity index (χ2n) is 5.55. The van der Waals surface area contributed by atoms with Gasteiger partial charge >= 0.3 is 18.0 Å². The number of carbonyl (C=O) groups is 3. The number of hydrogen-bond acceptors (Lipinski definition) is 5. The van der Waals surface area contributed by atoms with Crippen LogP contribution in [-0.4, -0.2) is 64.9 Å². The van der Waals surface area contributed by atoms with Gasteiger partial charge in [-0.25, -0.2) is 14.4 Å². The molecule has 1 unspecified atom stereocenters. The van der Waals surface area contributed by atoms with Gasteiger partial charge in [0.05, 0.1) is 13.2 Å². The Bertz CT molecular complexity index is 411. The number of hydrogen-bond donors (Lipinski definition) is 3. The molecular formula is C13H22N2O6. The number of aliphatic hydroxyl groups excluding tert-OH is 1. The van der Waals surface area contributed by atoms with Crippen LogP contribution in [0, 0.1) is 5.92 Å². The number of nitrogens with one attached hydrogen (secondary N) is 1. The maximum Gasteiger partial charge on any atom is 0.328 e. The van der Waals surface area contributed by atoms with Crippen molar-refractivity contribution in [3.05, 3.63) is 0 Å². The lowest BCUT2D eigenvalue weighted by atomic mass is 10.0. The molecule has 0 bridgehead atoms. The predicted molar refractivity (Wildman–Crippen MR) is 72.5 cm³/mol. The lowest BCUT2D eigenvalue weighted by molar-refractivity contribution is -0.143. The average Bonchev–Trinajstić information content (AvgIpc) is 2.78. The van der Waals surface area contributed by atoms with Crippen molar-refractivity contribution in [3.8, 4) is 0 Å². The molecule has 1 rings (SSSR count). The molecule has 3 atom stereocenters. The summed E-state index contributed by atoms with van der Waals surface area (Å²) in [4.78, 5) is 35.9. The van der Waals surface area contributed by atoms with Crippen LogP contribution in [0.25, 0.3) is 0 Å². The molecule has 3 N–H and O–H groups in total. The van der Waals surface area contributed by atoms with Crippen molar-refractivity contribution in [1.82, 2.24) is 10.2 Å². The van der Waals surface area contributed by atoms with Gasteiger partial charge in [-0.3, -0.25) is 0 Å². The molecule has 1 aliphatic heterocycles. The molecule has 1 heterocycles. The van der Waals surface area contributed by atoms with Gasteiger partial charge in [0.25, 0.3) is 0 Å². The first kappa shape index (κ1) is 17.2. The van der Waals surface area contributed by atoms with Crippen LogP contribution in [0.4, 0.5) is 4.79 Å². The van der Waals surface area contributed by atoms with Gasteiger partial charge in [0.15, 0.2) is 0 Å². The Hall–Kier alpha value is -1.83. The number of carboxylic acids is 1. The van der Waals surface area contributed by atoms with Crippen LogP contribution in [0.15, 0.2) is 0 Å². The van der Waals surface area contributed by atoms with Crippen LogP contribution >= 0.6 is 0 Å². The number of carbonyl (C=O) groups excluding carboxylic acids is 2. The maximum atomic E-state index is 12.2. The zero-order valence-electron chi connectivity index (χ0n) is 12.4. The first-order valence-corrected chi connectivity index (χ1v) is 6.82. The highest BCUT2D eigenvalue weighted by atomic mass is 16.5. The first-order chi connectivity index (χ1) is 9.76. The minimum Gasteiger partial charge on any atom is -0.480 e. The van der Waals surface area contributed by atoms with Gasteiger partial charge in [-0.15, -0.1) is 0 Å². The normalized spacial score (nSPS) is 23.0. The van der Waals surface area contributed by atoms with Crippen LogP contribution in [0.1, 0.15) is 26.7 Å². The van der Waals surface area contributed by atoms with E-state index in [1.54, 1.807) is 0 Å². The fourth-order valence-electron chi connectivity index (χ4n) is 2.33. The van der Waals surface area contributed by atoms with E-state index in [1.165, 1.54) is 7.11 Å². The summed E-state index contributed by atoms with van der Waals surface area (Å²) in [7, 11) is 1.22. The first-order valence-electron chi connectivity index (χ1n) is 6.82. The molecular weight excluding hydrogens is 280 g/mol. The summed E-state index contributed by atoms with van der Waals surface area (Å²) in [5, 5.41) is 21.1. The predicted octanol–water partition coefficient (Wildman–Crippen LogP) is -0.196. The van der Waals surface area contributed by atoms with Crippen molar-refractivity contribution in [3.63, 3.8) is 0 Å². The number of nitrogens with zero attached hydrogens (tertiary/aromatic N) is 1. The number of esters is 1. The third-order valence-corrected chi connectivity index (χ3v) is 3.32. The molecule has 0 aromatic rings. The number of ether oxygens (including phenoxy) is 1. The van der Waals surface area contributed by atoms with Crippen molar-refractivity contribution >= 4 is 18.0 Å². The zero-order chi connectivity index (χ0) is 16.2. The van der Waals surface area contributed by atoms with E-state index in [4.69, 9.17) is 5.11 Å². The van der Waals surface area contributed by atoms with Crippen molar-refractivity contribution in [2.45, 2.75) is 44.9 Å². The van der Waals surface area contributed by atoms with Crippen molar-refractivity contribution in [1.29, 1.82) is 0 Å². The molecule has 0 spiro atoms. The van der Waals surface area contributed by atoms with E-state index in [9.17, 15) is 19.5 Å². The molecule has 2 amide bonds. The van der Waals surface area contributed by atoms with E-state index < -0.39 is 36.2 Å². The van der Waals surface area contributed by atoms with Crippen molar-refractivity contribution in [2.75, 3.05) is 13.7 Å². The second-order valence-corrected chi connectivity index (χ2v) is 5.55. The molecule has 0 radical (unpaired) electrons. The zero-order valence-corrected chi connectivity index (χ0v) is 12.4. The highest BCUT2D eigenvalue weighted by molar-refractivity contribution is 5.87. The highest BCUT2D eigenvalue weighted by Gasteiger charge is 2.40. The molecule has 0 aromatic carbocycles. The molecule has 1 aliphatic rings. The van der Waals surface area contributed by atoms with Crippen molar-refractivity contribution in [2.24, 2.45) is 5.92 Å². The lowest BCUT2D eigenvalue weighted by Gasteiger charge is -2.25. The van der Waals surface area contributed by atoms with Gasteiger partial charge in [-0.1, -0.05) is 13.8 Å². The Morgan fingerprint density at radius 3 is 2.48 bits per heavy atom. The van der Waals surface area contributed by atoms with Crippen LogP contribution in [0.5, 0.6) is 0 Å². The quantitative estimate of drug-likeness (QED) is 0.606. The molecule has 120 valence electrons. The highest BCUT2D eigenvalue weighted by Crippen LogP contribution is 2.18. The average molecular weight is 302 g/mol. The topological polar surface area (TPSA) is 116 Å². The second kappa shape index (κ2) is 7.26. The fourth-order valence-corrected chi connectivity index (χ4v) is 2.33. The summed E-state index contributed by atoms with van der Waals surface area (Å²) in [5.41, 5.74) is 0. The summed E-state index contributed by atoms with van der Waals surface area (Å²) in [6.07, 6.45) is -0.513.